The van der Waals surface area contributed by atoms with Gasteiger partial charge >= 0.3 is 5.97 Å². The number of carbonyl (C=O) groups excluding carboxylic acids is 1. The van der Waals surface area contributed by atoms with Crippen LogP contribution >= 0.6 is 46.4 Å². The molecule has 2 N–H and O–H groups in total. The van der Waals surface area contributed by atoms with Crippen LogP contribution in [0.1, 0.15) is 89.8 Å². The van der Waals surface area contributed by atoms with Crippen LogP contribution in [0.3, 0.4) is 0 Å². The number of nitrogens with one attached hydrogen (secondary N) is 2. The molecule has 5 aromatic carbocycles. The number of rotatable bonds is 18. The summed E-state index contributed by atoms with van der Waals surface area (Å²) in [6.07, 6.45) is 4.64. The van der Waals surface area contributed by atoms with Crippen molar-refractivity contribution < 1.29 is 28.5 Å². The number of methoxy groups -OCH3 is 2. The minimum atomic E-state index is -1.76. The van der Waals surface area contributed by atoms with Gasteiger partial charge in [-0.3, -0.25) is 0 Å². The number of fused-ring (bicyclic) bond motifs is 1. The molecular formula is C50H52Cl4N2O6. The molecule has 0 saturated carbocycles. The van der Waals surface area contributed by atoms with Gasteiger partial charge in [0.1, 0.15) is 24.0 Å². The number of halogens is 4. The second kappa shape index (κ2) is 20.7. The van der Waals surface area contributed by atoms with Gasteiger partial charge in [0.05, 0.1) is 39.9 Å². The average Bonchev–Trinajstić information content (AvgIpc) is 3.57. The largest absolute Gasteiger partial charge is 0.497 e. The Balaban J connectivity index is 1.79. The molecule has 0 amide bonds. The highest BCUT2D eigenvalue weighted by Gasteiger charge is 2.48. The minimum Gasteiger partial charge on any atom is -0.497 e. The van der Waals surface area contributed by atoms with Gasteiger partial charge in [0.25, 0.3) is 0 Å². The predicted molar refractivity (Wildman–Crippen MR) is 255 cm³/mol. The lowest BCUT2D eigenvalue weighted by Gasteiger charge is -2.29. The Morgan fingerprint density at radius 2 is 1.05 bits per heavy atom. The molecule has 1 aliphatic heterocycles. The highest BCUT2D eigenvalue weighted by atomic mass is 35.5. The van der Waals surface area contributed by atoms with Crippen molar-refractivity contribution in [2.75, 3.05) is 38.1 Å². The lowest BCUT2D eigenvalue weighted by atomic mass is 9.82. The van der Waals surface area contributed by atoms with Crippen molar-refractivity contribution in [1.29, 1.82) is 0 Å². The highest BCUT2D eigenvalue weighted by Crippen LogP contribution is 2.54. The first kappa shape index (κ1) is 46.8. The van der Waals surface area contributed by atoms with Crippen molar-refractivity contribution >= 4 is 74.9 Å². The molecule has 5 aromatic rings. The van der Waals surface area contributed by atoms with Gasteiger partial charge in [-0.15, -0.1) is 0 Å². The SMILES string of the molecule is CCOC(CC)Nc1cc(C)ccc1C(=CC1(C=C(c2ccc(OC)cc2)c2ccc(C)cc2NC(CC)OCC)OC(=O)c2c(Cl)c(Cl)c(Cl)c(Cl)c21)c1ccc(OC)cc1. The van der Waals surface area contributed by atoms with Crippen LogP contribution in [0.15, 0.2) is 97.1 Å². The summed E-state index contributed by atoms with van der Waals surface area (Å²) in [5.74, 6) is 0.607. The highest BCUT2D eigenvalue weighted by molar-refractivity contribution is 6.53. The molecule has 0 saturated heterocycles. The van der Waals surface area contributed by atoms with Crippen LogP contribution in [0.2, 0.25) is 20.1 Å². The molecule has 0 aliphatic carbocycles. The quantitative estimate of drug-likeness (QED) is 0.0389. The van der Waals surface area contributed by atoms with Crippen molar-refractivity contribution in [1.82, 2.24) is 0 Å². The van der Waals surface area contributed by atoms with E-state index in [1.54, 1.807) is 14.2 Å². The van der Waals surface area contributed by atoms with Crippen LogP contribution in [0.5, 0.6) is 11.5 Å². The molecule has 0 bridgehead atoms. The lowest BCUT2D eigenvalue weighted by molar-refractivity contribution is 0.0300. The zero-order valence-electron chi connectivity index (χ0n) is 36.2. The van der Waals surface area contributed by atoms with Gasteiger partial charge in [-0.1, -0.05) is 109 Å². The third kappa shape index (κ3) is 9.92. The van der Waals surface area contributed by atoms with Crippen molar-refractivity contribution in [3.8, 4) is 11.5 Å². The standard InChI is InChI=1S/C50H52Cl4N2O6/c1-9-41(60-11-3)55-39-25-29(5)13-23-35(39)37(31-15-19-33(58-7)20-16-31)27-50(44-43(49(57)62-50)45(51)47(53)48(54)46(44)52)28-38(32-17-21-34(59-8)22-18-32)36-24-14-30(6)26-40(36)56-42(10-2)61-12-4/h13-28,41-42,55-56H,9-12H2,1-8H3. The van der Waals surface area contributed by atoms with Gasteiger partial charge in [0, 0.05) is 41.3 Å². The van der Waals surface area contributed by atoms with E-state index in [-0.39, 0.29) is 43.7 Å². The number of anilines is 2. The number of aryl methyl sites for hydroxylation is 2. The number of carbonyl (C=O) groups is 1. The van der Waals surface area contributed by atoms with Gasteiger partial charge in [-0.2, -0.15) is 0 Å². The van der Waals surface area contributed by atoms with E-state index >= 15 is 0 Å². The molecule has 0 radical (unpaired) electrons. The smallest absolute Gasteiger partial charge is 0.341 e. The van der Waals surface area contributed by atoms with E-state index in [9.17, 15) is 4.79 Å². The summed E-state index contributed by atoms with van der Waals surface area (Å²) in [6, 6.07) is 27.6. The van der Waals surface area contributed by atoms with Crippen LogP contribution in [0, 0.1) is 13.8 Å². The Kier molecular flexibility index (Phi) is 15.6. The summed E-state index contributed by atoms with van der Waals surface area (Å²) >= 11 is 27.8. The first-order valence-electron chi connectivity index (χ1n) is 20.6. The van der Waals surface area contributed by atoms with Gasteiger partial charge in [-0.25, -0.2) is 4.79 Å². The second-order valence-corrected chi connectivity index (χ2v) is 16.4. The predicted octanol–water partition coefficient (Wildman–Crippen LogP) is 13.9. The second-order valence-electron chi connectivity index (χ2n) is 14.9. The number of ether oxygens (including phenoxy) is 5. The summed E-state index contributed by atoms with van der Waals surface area (Å²) in [7, 11) is 3.24. The molecule has 2 atom stereocenters. The van der Waals surface area contributed by atoms with Gasteiger partial charge < -0.3 is 34.3 Å². The van der Waals surface area contributed by atoms with Crippen molar-refractivity contribution in [3.63, 3.8) is 0 Å². The van der Waals surface area contributed by atoms with Crippen LogP contribution in [0.4, 0.5) is 11.4 Å². The summed E-state index contributed by atoms with van der Waals surface area (Å²) in [6.45, 7) is 13.1. The number of hydrogen-bond acceptors (Lipinski definition) is 8. The Hall–Kier alpha value is -4.67. The van der Waals surface area contributed by atoms with Gasteiger partial charge in [0.2, 0.25) is 0 Å². The zero-order valence-corrected chi connectivity index (χ0v) is 39.2. The average molecular weight is 919 g/mol. The summed E-state index contributed by atoms with van der Waals surface area (Å²) < 4.78 is 30.1. The molecule has 6 rings (SSSR count). The third-order valence-electron chi connectivity index (χ3n) is 10.7. The first-order chi connectivity index (χ1) is 29.8. The maximum atomic E-state index is 14.5. The minimum absolute atomic E-state index is 0.0102. The lowest BCUT2D eigenvalue weighted by Crippen LogP contribution is -2.25. The Morgan fingerprint density at radius 1 is 0.629 bits per heavy atom. The maximum Gasteiger partial charge on any atom is 0.341 e. The fraction of sp³-hybridized carbons (Fsp3) is 0.300. The van der Waals surface area contributed by atoms with E-state index < -0.39 is 11.6 Å². The van der Waals surface area contributed by atoms with Crippen LogP contribution < -0.4 is 20.1 Å². The van der Waals surface area contributed by atoms with Gasteiger partial charge in [-0.05, 0) is 122 Å². The molecule has 1 heterocycles. The number of esters is 1. The van der Waals surface area contributed by atoms with Crippen LogP contribution in [-0.4, -0.2) is 45.9 Å². The van der Waals surface area contributed by atoms with E-state index in [1.807, 2.05) is 113 Å². The van der Waals surface area contributed by atoms with Crippen molar-refractivity contribution in [2.24, 2.45) is 0 Å². The molecule has 8 nitrogen and oxygen atoms in total. The van der Waals surface area contributed by atoms with Gasteiger partial charge in [0.15, 0.2) is 5.60 Å². The molecular weight excluding hydrogens is 866 g/mol. The van der Waals surface area contributed by atoms with E-state index in [1.165, 1.54) is 0 Å². The monoisotopic (exact) mass is 916 g/mol. The summed E-state index contributed by atoms with van der Waals surface area (Å²) in [5.41, 5.74) is 6.69. The molecule has 62 heavy (non-hydrogen) atoms. The third-order valence-corrected chi connectivity index (χ3v) is 12.5. The zero-order chi connectivity index (χ0) is 44.7. The number of hydrogen-bond donors (Lipinski definition) is 2. The van der Waals surface area contributed by atoms with Crippen LogP contribution in [0.25, 0.3) is 11.1 Å². The summed E-state index contributed by atoms with van der Waals surface area (Å²) in [4.78, 5) is 14.5. The van der Waals surface area contributed by atoms with E-state index in [2.05, 4.69) is 36.6 Å². The van der Waals surface area contributed by atoms with Crippen LogP contribution in [-0.2, 0) is 19.8 Å². The number of benzene rings is 5. The molecule has 12 heteroatoms. The Morgan fingerprint density at radius 3 is 1.44 bits per heavy atom. The first-order valence-corrected chi connectivity index (χ1v) is 22.1. The van der Waals surface area contributed by atoms with Crippen molar-refractivity contribution in [2.45, 2.75) is 72.4 Å². The molecule has 0 aromatic heterocycles. The van der Waals surface area contributed by atoms with E-state index in [4.69, 9.17) is 70.1 Å². The Bertz CT molecular complexity index is 2340. The molecule has 0 spiro atoms. The molecule has 326 valence electrons. The van der Waals surface area contributed by atoms with Crippen molar-refractivity contribution in [3.05, 3.63) is 162 Å². The fourth-order valence-corrected chi connectivity index (χ4v) is 8.67. The maximum absolute atomic E-state index is 14.5. The molecule has 0 fully saturated rings. The summed E-state index contributed by atoms with van der Waals surface area (Å²) in [5, 5.41) is 7.16. The Labute approximate surface area is 385 Å². The normalized spacial score (nSPS) is 16.1. The molecule has 1 aliphatic rings. The van der Waals surface area contributed by atoms with E-state index in [0.717, 1.165) is 44.8 Å². The number of cyclic esters (lactones) is 1. The topological polar surface area (TPSA) is 87.3 Å². The van der Waals surface area contributed by atoms with E-state index in [0.29, 0.717) is 48.7 Å². The molecule has 2 unspecified atom stereocenters. The fourth-order valence-electron chi connectivity index (χ4n) is 7.59.